The molecule has 0 aromatic rings. The Morgan fingerprint density at radius 1 is 1.24 bits per heavy atom. The molecule has 2 atom stereocenters. The van der Waals surface area contributed by atoms with Crippen LogP contribution in [0.3, 0.4) is 0 Å². The van der Waals surface area contributed by atoms with Crippen LogP contribution in [0.1, 0.15) is 66.2 Å². The van der Waals surface area contributed by atoms with Gasteiger partial charge in [-0.1, -0.05) is 71.3 Å². The van der Waals surface area contributed by atoms with Crippen LogP contribution in [0.2, 0.25) is 0 Å². The number of allylic oxidation sites excluding steroid dienone is 4. The zero-order valence-electron chi connectivity index (χ0n) is 14.7. The summed E-state index contributed by atoms with van der Waals surface area (Å²) < 4.78 is 5.25. The summed E-state index contributed by atoms with van der Waals surface area (Å²) in [6, 6.07) is 0. The lowest BCUT2D eigenvalue weighted by Crippen LogP contribution is -2.21. The van der Waals surface area contributed by atoms with Crippen molar-refractivity contribution in [2.45, 2.75) is 66.2 Å². The van der Waals surface area contributed by atoms with Crippen LogP contribution >= 0.6 is 0 Å². The van der Waals surface area contributed by atoms with E-state index in [1.165, 1.54) is 43.3 Å². The van der Waals surface area contributed by atoms with Gasteiger partial charge in [0.15, 0.2) is 0 Å². The molecule has 0 amide bonds. The van der Waals surface area contributed by atoms with E-state index < -0.39 is 0 Å². The number of ether oxygens (including phenoxy) is 1. The van der Waals surface area contributed by atoms with Gasteiger partial charge < -0.3 is 4.74 Å². The van der Waals surface area contributed by atoms with Crippen molar-refractivity contribution >= 4 is 0 Å². The fourth-order valence-electron chi connectivity index (χ4n) is 3.28. The van der Waals surface area contributed by atoms with E-state index in [4.69, 9.17) is 4.74 Å². The second kappa shape index (κ2) is 9.25. The molecule has 0 spiro atoms. The van der Waals surface area contributed by atoms with Crippen molar-refractivity contribution < 1.29 is 4.74 Å². The van der Waals surface area contributed by atoms with Gasteiger partial charge >= 0.3 is 0 Å². The third-order valence-corrected chi connectivity index (χ3v) is 4.83. The Kier molecular flexibility index (Phi) is 8.03. The molecule has 1 aliphatic carbocycles. The summed E-state index contributed by atoms with van der Waals surface area (Å²) in [6.45, 7) is 10.2. The molecular formula is C20H34O. The Bertz CT molecular complexity index is 389. The predicted octanol–water partition coefficient (Wildman–Crippen LogP) is 6.08. The summed E-state index contributed by atoms with van der Waals surface area (Å²) in [5, 5.41) is 0. The molecule has 0 saturated heterocycles. The first kappa shape index (κ1) is 18.2. The molecule has 21 heavy (non-hydrogen) atoms. The minimum Gasteiger partial charge on any atom is -0.380 e. The lowest BCUT2D eigenvalue weighted by Gasteiger charge is -2.33. The van der Waals surface area contributed by atoms with Crippen LogP contribution < -0.4 is 0 Å². The van der Waals surface area contributed by atoms with E-state index in [1.807, 2.05) is 0 Å². The van der Waals surface area contributed by atoms with Gasteiger partial charge in [-0.3, -0.25) is 0 Å². The van der Waals surface area contributed by atoms with Gasteiger partial charge in [-0.05, 0) is 41.7 Å². The molecule has 0 aromatic heterocycles. The minimum absolute atomic E-state index is 0.306. The Morgan fingerprint density at radius 3 is 2.62 bits per heavy atom. The quantitative estimate of drug-likeness (QED) is 0.500. The van der Waals surface area contributed by atoms with Gasteiger partial charge in [0.05, 0.1) is 6.61 Å². The van der Waals surface area contributed by atoms with Crippen LogP contribution in [0.5, 0.6) is 0 Å². The van der Waals surface area contributed by atoms with E-state index in [-0.39, 0.29) is 0 Å². The highest BCUT2D eigenvalue weighted by Crippen LogP contribution is 2.40. The standard InChI is InChI=1S/C20H34O/c1-6-8-10-17(3)15-20(4,7-2)19-12-9-11-18(13-14-19)16-21-5/h11-14,17H,6-10,15-16H2,1-5H3/t17-,20+/m1/s1. The van der Waals surface area contributed by atoms with Crippen molar-refractivity contribution in [3.05, 3.63) is 35.5 Å². The second-order valence-electron chi connectivity index (χ2n) is 6.81. The van der Waals surface area contributed by atoms with Crippen molar-refractivity contribution in [1.82, 2.24) is 0 Å². The van der Waals surface area contributed by atoms with Gasteiger partial charge in [-0.2, -0.15) is 0 Å². The molecule has 1 aliphatic rings. The molecule has 0 bridgehead atoms. The Balaban J connectivity index is 2.74. The number of hydrogen-bond donors (Lipinski definition) is 0. The largest absolute Gasteiger partial charge is 0.380 e. The first-order chi connectivity index (χ1) is 10.1. The molecule has 0 radical (unpaired) electrons. The van der Waals surface area contributed by atoms with Gasteiger partial charge in [0, 0.05) is 7.11 Å². The molecule has 1 rings (SSSR count). The summed E-state index contributed by atoms with van der Waals surface area (Å²) >= 11 is 0. The highest BCUT2D eigenvalue weighted by Gasteiger charge is 2.27. The van der Waals surface area contributed by atoms with E-state index in [2.05, 4.69) is 52.0 Å². The minimum atomic E-state index is 0.306. The molecule has 120 valence electrons. The van der Waals surface area contributed by atoms with E-state index in [0.29, 0.717) is 12.0 Å². The monoisotopic (exact) mass is 290 g/mol. The van der Waals surface area contributed by atoms with Gasteiger partial charge in [-0.25, -0.2) is 0 Å². The van der Waals surface area contributed by atoms with Gasteiger partial charge in [0.1, 0.15) is 0 Å². The molecule has 0 saturated carbocycles. The Hall–Kier alpha value is -0.820. The Morgan fingerprint density at radius 2 is 2.00 bits per heavy atom. The zero-order valence-corrected chi connectivity index (χ0v) is 14.7. The SMILES string of the molecule is CCCC[C@@H](C)C[C@](C)(CC)C1=CCC=C(COC)C=C1. The average Bonchev–Trinajstić information content (AvgIpc) is 2.71. The van der Waals surface area contributed by atoms with Crippen molar-refractivity contribution in [2.75, 3.05) is 13.7 Å². The fraction of sp³-hybridized carbons (Fsp3) is 0.700. The van der Waals surface area contributed by atoms with Gasteiger partial charge in [-0.15, -0.1) is 0 Å². The molecule has 1 heteroatoms. The maximum Gasteiger partial charge on any atom is 0.0710 e. The normalized spacial score (nSPS) is 19.5. The van der Waals surface area contributed by atoms with Crippen LogP contribution in [-0.2, 0) is 4.74 Å². The molecule has 0 heterocycles. The molecule has 0 aromatic carbocycles. The van der Waals surface area contributed by atoms with Crippen molar-refractivity contribution in [3.8, 4) is 0 Å². The Labute approximate surface area is 132 Å². The van der Waals surface area contributed by atoms with E-state index in [9.17, 15) is 0 Å². The topological polar surface area (TPSA) is 9.23 Å². The van der Waals surface area contributed by atoms with E-state index in [0.717, 1.165) is 12.3 Å². The lowest BCUT2D eigenvalue weighted by atomic mass is 9.72. The third kappa shape index (κ3) is 5.82. The van der Waals surface area contributed by atoms with Crippen LogP contribution in [0, 0.1) is 11.3 Å². The van der Waals surface area contributed by atoms with Gasteiger partial charge in [0.2, 0.25) is 0 Å². The first-order valence-corrected chi connectivity index (χ1v) is 8.62. The summed E-state index contributed by atoms with van der Waals surface area (Å²) in [5.74, 6) is 0.804. The van der Waals surface area contributed by atoms with Gasteiger partial charge in [0.25, 0.3) is 0 Å². The maximum atomic E-state index is 5.25. The highest BCUT2D eigenvalue weighted by molar-refractivity contribution is 5.36. The predicted molar refractivity (Wildman–Crippen MR) is 93.5 cm³/mol. The molecule has 0 unspecified atom stereocenters. The molecule has 0 fully saturated rings. The summed E-state index contributed by atoms with van der Waals surface area (Å²) in [5.41, 5.74) is 3.11. The number of unbranched alkanes of at least 4 members (excludes halogenated alkanes) is 1. The number of methoxy groups -OCH3 is 1. The summed E-state index contributed by atoms with van der Waals surface area (Å²) in [7, 11) is 1.76. The van der Waals surface area contributed by atoms with Crippen LogP contribution in [0.4, 0.5) is 0 Å². The molecule has 1 nitrogen and oxygen atoms in total. The number of hydrogen-bond acceptors (Lipinski definition) is 1. The molecule has 0 N–H and O–H groups in total. The average molecular weight is 290 g/mol. The van der Waals surface area contributed by atoms with E-state index in [1.54, 1.807) is 7.11 Å². The maximum absolute atomic E-state index is 5.25. The molecular weight excluding hydrogens is 256 g/mol. The second-order valence-corrected chi connectivity index (χ2v) is 6.81. The lowest BCUT2D eigenvalue weighted by molar-refractivity contribution is 0.228. The van der Waals surface area contributed by atoms with Crippen molar-refractivity contribution in [3.63, 3.8) is 0 Å². The van der Waals surface area contributed by atoms with Crippen molar-refractivity contribution in [1.29, 1.82) is 0 Å². The third-order valence-electron chi connectivity index (χ3n) is 4.83. The van der Waals surface area contributed by atoms with Crippen LogP contribution in [0.15, 0.2) is 35.5 Å². The van der Waals surface area contributed by atoms with Crippen LogP contribution in [0.25, 0.3) is 0 Å². The first-order valence-electron chi connectivity index (χ1n) is 8.62. The highest BCUT2D eigenvalue weighted by atomic mass is 16.5. The van der Waals surface area contributed by atoms with E-state index >= 15 is 0 Å². The smallest absolute Gasteiger partial charge is 0.0710 e. The zero-order chi connectivity index (χ0) is 15.7. The van der Waals surface area contributed by atoms with Crippen molar-refractivity contribution in [2.24, 2.45) is 11.3 Å². The summed E-state index contributed by atoms with van der Waals surface area (Å²) in [4.78, 5) is 0. The fourth-order valence-corrected chi connectivity index (χ4v) is 3.28. The number of rotatable bonds is 9. The molecule has 0 aliphatic heterocycles. The van der Waals surface area contributed by atoms with Crippen LogP contribution in [-0.4, -0.2) is 13.7 Å². The summed E-state index contributed by atoms with van der Waals surface area (Å²) in [6.07, 6.45) is 16.8.